The van der Waals surface area contributed by atoms with E-state index in [2.05, 4.69) is 5.32 Å². The summed E-state index contributed by atoms with van der Waals surface area (Å²) in [6.07, 6.45) is -0.0531. The van der Waals surface area contributed by atoms with Crippen LogP contribution >= 0.6 is 0 Å². The lowest BCUT2D eigenvalue weighted by atomic mass is 10.0. The van der Waals surface area contributed by atoms with E-state index in [1.165, 1.54) is 0 Å². The maximum atomic E-state index is 12.0. The van der Waals surface area contributed by atoms with Crippen LogP contribution < -0.4 is 5.32 Å². The molecule has 5 nitrogen and oxygen atoms in total. The minimum Gasteiger partial charge on any atom is -0.465 e. The van der Waals surface area contributed by atoms with Gasteiger partial charge in [0.2, 0.25) is 0 Å². The van der Waals surface area contributed by atoms with Crippen molar-refractivity contribution < 1.29 is 19.0 Å². The Balaban J connectivity index is 4.45. The minimum atomic E-state index is -0.829. The molecule has 19 heavy (non-hydrogen) atoms. The number of esters is 1. The predicted octanol–water partition coefficient (Wildman–Crippen LogP) is 1.75. The van der Waals surface area contributed by atoms with Crippen LogP contribution in [0.2, 0.25) is 0 Å². The first kappa shape index (κ1) is 18.4. The third kappa shape index (κ3) is 7.50. The lowest BCUT2D eigenvalue weighted by Gasteiger charge is -2.31. The Morgan fingerprint density at radius 1 is 1.21 bits per heavy atom. The molecule has 1 N–H and O–H groups in total. The van der Waals surface area contributed by atoms with Crippen LogP contribution in [0.3, 0.4) is 0 Å². The van der Waals surface area contributed by atoms with Crippen molar-refractivity contribution in [3.63, 3.8) is 0 Å². The number of carbonyl (C=O) groups is 1. The van der Waals surface area contributed by atoms with Crippen LogP contribution in [0.25, 0.3) is 0 Å². The molecule has 0 aromatic carbocycles. The topological polar surface area (TPSA) is 56.8 Å². The van der Waals surface area contributed by atoms with Crippen molar-refractivity contribution >= 4 is 5.97 Å². The Morgan fingerprint density at radius 3 is 2.32 bits per heavy atom. The number of hydrogen-bond donors (Lipinski definition) is 1. The van der Waals surface area contributed by atoms with E-state index in [4.69, 9.17) is 14.2 Å². The average molecular weight is 275 g/mol. The first-order chi connectivity index (χ1) is 8.85. The maximum Gasteiger partial charge on any atom is 0.328 e. The van der Waals surface area contributed by atoms with E-state index in [9.17, 15) is 4.79 Å². The van der Waals surface area contributed by atoms with Gasteiger partial charge in [-0.05, 0) is 41.5 Å². The molecule has 0 saturated carbocycles. The summed E-state index contributed by atoms with van der Waals surface area (Å²) in [6, 6.07) is 0.167. The highest BCUT2D eigenvalue weighted by molar-refractivity contribution is 5.80. The zero-order chi connectivity index (χ0) is 14.9. The molecule has 0 fully saturated rings. The molecule has 0 aromatic rings. The molecule has 2 unspecified atom stereocenters. The van der Waals surface area contributed by atoms with Crippen LogP contribution in [-0.2, 0) is 19.0 Å². The van der Waals surface area contributed by atoms with Gasteiger partial charge in [-0.15, -0.1) is 0 Å². The fourth-order valence-electron chi connectivity index (χ4n) is 1.73. The SMILES string of the molecule is CCOCC(C)OCC(C)(NC(C)C)C(=O)OCC. The molecule has 0 aliphatic carbocycles. The Morgan fingerprint density at radius 2 is 1.84 bits per heavy atom. The van der Waals surface area contributed by atoms with Gasteiger partial charge in [0.15, 0.2) is 0 Å². The minimum absolute atomic E-state index is 0.0531. The van der Waals surface area contributed by atoms with E-state index in [1.54, 1.807) is 13.8 Å². The molecule has 114 valence electrons. The average Bonchev–Trinajstić information content (AvgIpc) is 2.33. The fraction of sp³-hybridized carbons (Fsp3) is 0.929. The molecule has 0 aliphatic heterocycles. The van der Waals surface area contributed by atoms with Gasteiger partial charge >= 0.3 is 5.97 Å². The number of hydrogen-bond acceptors (Lipinski definition) is 5. The van der Waals surface area contributed by atoms with Gasteiger partial charge < -0.3 is 14.2 Å². The standard InChI is InChI=1S/C14H29NO4/c1-7-17-9-12(5)19-10-14(6,15-11(3)4)13(16)18-8-2/h11-12,15H,7-10H2,1-6H3. The molecule has 0 heterocycles. The summed E-state index contributed by atoms with van der Waals surface area (Å²) in [5.74, 6) is -0.285. The highest BCUT2D eigenvalue weighted by atomic mass is 16.5. The third-order valence-electron chi connectivity index (χ3n) is 2.55. The third-order valence-corrected chi connectivity index (χ3v) is 2.55. The van der Waals surface area contributed by atoms with Gasteiger partial charge in [0.1, 0.15) is 5.54 Å². The van der Waals surface area contributed by atoms with Crippen LogP contribution in [0, 0.1) is 0 Å². The molecule has 0 spiro atoms. The van der Waals surface area contributed by atoms with Crippen molar-refractivity contribution in [3.8, 4) is 0 Å². The van der Waals surface area contributed by atoms with Gasteiger partial charge in [-0.3, -0.25) is 5.32 Å². The second kappa shape index (κ2) is 9.28. The van der Waals surface area contributed by atoms with Crippen molar-refractivity contribution in [3.05, 3.63) is 0 Å². The highest BCUT2D eigenvalue weighted by Gasteiger charge is 2.36. The van der Waals surface area contributed by atoms with Gasteiger partial charge in [-0.1, -0.05) is 0 Å². The fourth-order valence-corrected chi connectivity index (χ4v) is 1.73. The largest absolute Gasteiger partial charge is 0.465 e. The number of rotatable bonds is 10. The second-order valence-electron chi connectivity index (χ2n) is 5.13. The molecule has 2 atom stereocenters. The molecule has 0 radical (unpaired) electrons. The molecule has 0 aromatic heterocycles. The predicted molar refractivity (Wildman–Crippen MR) is 75.2 cm³/mol. The second-order valence-corrected chi connectivity index (χ2v) is 5.13. The van der Waals surface area contributed by atoms with Crippen molar-refractivity contribution in [1.82, 2.24) is 5.32 Å². The lowest BCUT2D eigenvalue weighted by Crippen LogP contribution is -2.56. The van der Waals surface area contributed by atoms with Gasteiger partial charge in [0.25, 0.3) is 0 Å². The van der Waals surface area contributed by atoms with Crippen molar-refractivity contribution in [2.45, 2.75) is 59.2 Å². The molecule has 0 amide bonds. The van der Waals surface area contributed by atoms with E-state index in [1.807, 2.05) is 27.7 Å². The summed E-state index contributed by atoms with van der Waals surface area (Å²) < 4.78 is 16.1. The monoisotopic (exact) mass is 275 g/mol. The van der Waals surface area contributed by atoms with Gasteiger partial charge in [0.05, 0.1) is 25.9 Å². The van der Waals surface area contributed by atoms with E-state index < -0.39 is 5.54 Å². The Bertz CT molecular complexity index is 258. The van der Waals surface area contributed by atoms with Crippen molar-refractivity contribution in [2.24, 2.45) is 0 Å². The summed E-state index contributed by atoms with van der Waals surface area (Å²) in [7, 11) is 0. The lowest BCUT2D eigenvalue weighted by molar-refractivity contribution is -0.155. The van der Waals surface area contributed by atoms with E-state index in [-0.39, 0.29) is 24.7 Å². The van der Waals surface area contributed by atoms with Crippen LogP contribution in [0.5, 0.6) is 0 Å². The summed E-state index contributed by atoms with van der Waals surface area (Å²) in [5.41, 5.74) is -0.829. The summed E-state index contributed by atoms with van der Waals surface area (Å²) in [6.45, 7) is 13.3. The molecule has 0 rings (SSSR count). The zero-order valence-electron chi connectivity index (χ0n) is 13.1. The molecule has 0 aliphatic rings. The van der Waals surface area contributed by atoms with Crippen molar-refractivity contribution in [2.75, 3.05) is 26.4 Å². The molecular weight excluding hydrogens is 246 g/mol. The van der Waals surface area contributed by atoms with Gasteiger partial charge in [-0.2, -0.15) is 0 Å². The van der Waals surface area contributed by atoms with Crippen molar-refractivity contribution in [1.29, 1.82) is 0 Å². The Labute approximate surface area is 117 Å². The van der Waals surface area contributed by atoms with Crippen LogP contribution in [0.1, 0.15) is 41.5 Å². The smallest absolute Gasteiger partial charge is 0.328 e. The number of ether oxygens (including phenoxy) is 3. The normalized spacial score (nSPS) is 16.2. The number of carbonyl (C=O) groups excluding carboxylic acids is 1. The Hall–Kier alpha value is -0.650. The molecular formula is C14H29NO4. The molecule has 5 heteroatoms. The van der Waals surface area contributed by atoms with Crippen LogP contribution in [0.15, 0.2) is 0 Å². The van der Waals surface area contributed by atoms with Gasteiger partial charge in [0, 0.05) is 12.6 Å². The van der Waals surface area contributed by atoms with Crippen LogP contribution in [0.4, 0.5) is 0 Å². The zero-order valence-corrected chi connectivity index (χ0v) is 13.1. The van der Waals surface area contributed by atoms with E-state index in [0.717, 1.165) is 0 Å². The quantitative estimate of drug-likeness (QED) is 0.616. The summed E-state index contributed by atoms with van der Waals surface area (Å²) in [5, 5.41) is 3.21. The first-order valence-corrected chi connectivity index (χ1v) is 7.00. The molecule has 0 bridgehead atoms. The molecule has 0 saturated heterocycles. The van der Waals surface area contributed by atoms with E-state index >= 15 is 0 Å². The highest BCUT2D eigenvalue weighted by Crippen LogP contribution is 2.11. The van der Waals surface area contributed by atoms with Crippen LogP contribution in [-0.4, -0.2) is 50.1 Å². The Kier molecular flexibility index (Phi) is 8.97. The number of nitrogens with one attached hydrogen (secondary N) is 1. The maximum absolute atomic E-state index is 12.0. The summed E-state index contributed by atoms with van der Waals surface area (Å²) >= 11 is 0. The van der Waals surface area contributed by atoms with Gasteiger partial charge in [-0.25, -0.2) is 4.79 Å². The first-order valence-electron chi connectivity index (χ1n) is 7.00. The summed E-state index contributed by atoms with van der Waals surface area (Å²) in [4.78, 5) is 12.0. The van der Waals surface area contributed by atoms with E-state index in [0.29, 0.717) is 19.8 Å².